The molecule has 3 unspecified atom stereocenters. The normalized spacial score (nSPS) is 22.1. The molecule has 6 nitrogen and oxygen atoms in total. The SMILES string of the molecule is CC(C)(C)OC(=O)Nc1ccccc1C(=O)CC1C2C=CC=CC2c2cncn21. The number of ether oxygens (including phenoxy) is 1. The number of ketones is 1. The Bertz CT molecular complexity index is 997. The van der Waals surface area contributed by atoms with E-state index in [2.05, 4.69) is 27.0 Å². The molecule has 4 rings (SSSR count). The van der Waals surface area contributed by atoms with Crippen LogP contribution in [-0.2, 0) is 4.74 Å². The van der Waals surface area contributed by atoms with Gasteiger partial charge in [0.25, 0.3) is 0 Å². The first-order valence-corrected chi connectivity index (χ1v) is 9.82. The number of para-hydroxylation sites is 1. The van der Waals surface area contributed by atoms with Crippen LogP contribution >= 0.6 is 0 Å². The average molecular weight is 391 g/mol. The number of nitrogens with one attached hydrogen (secondary N) is 1. The molecule has 2 aliphatic rings. The topological polar surface area (TPSA) is 73.2 Å². The lowest BCUT2D eigenvalue weighted by atomic mass is 9.83. The predicted molar refractivity (Wildman–Crippen MR) is 111 cm³/mol. The zero-order valence-corrected chi connectivity index (χ0v) is 16.8. The van der Waals surface area contributed by atoms with Crippen molar-refractivity contribution in [3.8, 4) is 0 Å². The van der Waals surface area contributed by atoms with Crippen LogP contribution < -0.4 is 5.32 Å². The average Bonchev–Trinajstić information content (AvgIpc) is 3.23. The second kappa shape index (κ2) is 7.35. The lowest BCUT2D eigenvalue weighted by Gasteiger charge is -2.23. The number of imidazole rings is 1. The third-order valence-electron chi connectivity index (χ3n) is 5.27. The summed E-state index contributed by atoms with van der Waals surface area (Å²) in [4.78, 5) is 29.7. The number of benzene rings is 1. The molecule has 1 N–H and O–H groups in total. The van der Waals surface area contributed by atoms with Crippen LogP contribution in [0.4, 0.5) is 10.5 Å². The van der Waals surface area contributed by atoms with Crippen LogP contribution in [-0.4, -0.2) is 27.0 Å². The highest BCUT2D eigenvalue weighted by atomic mass is 16.6. The molecular formula is C23H25N3O3. The van der Waals surface area contributed by atoms with Crippen molar-refractivity contribution in [2.45, 2.75) is 44.8 Å². The van der Waals surface area contributed by atoms with Crippen molar-refractivity contribution in [1.82, 2.24) is 9.55 Å². The summed E-state index contributed by atoms with van der Waals surface area (Å²) in [6.45, 7) is 5.40. The molecule has 150 valence electrons. The Morgan fingerprint density at radius 3 is 2.72 bits per heavy atom. The van der Waals surface area contributed by atoms with Gasteiger partial charge in [-0.15, -0.1) is 0 Å². The monoisotopic (exact) mass is 391 g/mol. The molecular weight excluding hydrogens is 366 g/mol. The van der Waals surface area contributed by atoms with Crippen molar-refractivity contribution in [2.24, 2.45) is 5.92 Å². The van der Waals surface area contributed by atoms with Crippen LogP contribution in [0.2, 0.25) is 0 Å². The summed E-state index contributed by atoms with van der Waals surface area (Å²) in [5.74, 6) is 0.452. The molecule has 0 fully saturated rings. The summed E-state index contributed by atoms with van der Waals surface area (Å²) in [7, 11) is 0. The number of aromatic nitrogens is 2. The van der Waals surface area contributed by atoms with E-state index >= 15 is 0 Å². The number of amides is 1. The van der Waals surface area contributed by atoms with E-state index in [1.807, 2.05) is 18.3 Å². The number of hydrogen-bond donors (Lipinski definition) is 1. The fourth-order valence-corrected chi connectivity index (χ4v) is 4.11. The van der Waals surface area contributed by atoms with Gasteiger partial charge >= 0.3 is 6.09 Å². The van der Waals surface area contributed by atoms with E-state index in [4.69, 9.17) is 4.74 Å². The number of fused-ring (bicyclic) bond motifs is 3. The lowest BCUT2D eigenvalue weighted by molar-refractivity contribution is 0.0636. The van der Waals surface area contributed by atoms with Gasteiger partial charge in [0.2, 0.25) is 0 Å². The molecule has 0 saturated carbocycles. The highest BCUT2D eigenvalue weighted by molar-refractivity contribution is 6.04. The third kappa shape index (κ3) is 3.88. The largest absolute Gasteiger partial charge is 0.444 e. The number of rotatable bonds is 4. The van der Waals surface area contributed by atoms with Crippen molar-refractivity contribution >= 4 is 17.6 Å². The molecule has 1 aromatic heterocycles. The maximum absolute atomic E-state index is 13.2. The third-order valence-corrected chi connectivity index (χ3v) is 5.27. The fraction of sp³-hybridized carbons (Fsp3) is 0.348. The summed E-state index contributed by atoms with van der Waals surface area (Å²) in [5.41, 5.74) is 1.47. The van der Waals surface area contributed by atoms with Crippen LogP contribution in [0.3, 0.4) is 0 Å². The van der Waals surface area contributed by atoms with Gasteiger partial charge < -0.3 is 9.30 Å². The number of Topliss-reactive ketones (excluding diaryl/α,β-unsaturated/α-hetero) is 1. The summed E-state index contributed by atoms with van der Waals surface area (Å²) in [5, 5.41) is 2.72. The lowest BCUT2D eigenvalue weighted by Crippen LogP contribution is -2.28. The van der Waals surface area contributed by atoms with Crippen LogP contribution in [0.15, 0.2) is 61.1 Å². The van der Waals surface area contributed by atoms with Crippen LogP contribution in [0.5, 0.6) is 0 Å². The minimum Gasteiger partial charge on any atom is -0.444 e. The molecule has 1 amide bonds. The van der Waals surface area contributed by atoms with Gasteiger partial charge in [0, 0.05) is 41.8 Å². The zero-order chi connectivity index (χ0) is 20.6. The van der Waals surface area contributed by atoms with Crippen LogP contribution in [0, 0.1) is 5.92 Å². The number of carbonyl (C=O) groups is 2. The molecule has 0 radical (unpaired) electrons. The van der Waals surface area contributed by atoms with E-state index in [-0.39, 0.29) is 23.7 Å². The van der Waals surface area contributed by atoms with Gasteiger partial charge in [-0.05, 0) is 32.9 Å². The van der Waals surface area contributed by atoms with E-state index in [0.717, 1.165) is 5.69 Å². The highest BCUT2D eigenvalue weighted by Gasteiger charge is 2.40. The quantitative estimate of drug-likeness (QED) is 0.754. The number of carbonyl (C=O) groups excluding carboxylic acids is 2. The van der Waals surface area contributed by atoms with Crippen molar-refractivity contribution in [1.29, 1.82) is 0 Å². The molecule has 0 bridgehead atoms. The van der Waals surface area contributed by atoms with Crippen molar-refractivity contribution in [3.63, 3.8) is 0 Å². The number of anilines is 1. The standard InChI is InChI=1S/C23H25N3O3/c1-23(2,3)29-22(28)25-18-11-7-6-10-17(18)21(27)12-19-15-8-4-5-9-16(15)20-13-24-14-26(19)20/h4-11,13-16,19H,12H2,1-3H3,(H,25,28). The van der Waals surface area contributed by atoms with Gasteiger partial charge in [0.1, 0.15) is 5.60 Å². The number of hydrogen-bond acceptors (Lipinski definition) is 4. The summed E-state index contributed by atoms with van der Waals surface area (Å²) >= 11 is 0. The highest BCUT2D eigenvalue weighted by Crippen LogP contribution is 2.46. The van der Waals surface area contributed by atoms with Gasteiger partial charge in [-0.2, -0.15) is 0 Å². The summed E-state index contributed by atoms with van der Waals surface area (Å²) < 4.78 is 7.43. The maximum atomic E-state index is 13.2. The summed E-state index contributed by atoms with van der Waals surface area (Å²) in [6, 6.07) is 7.06. The van der Waals surface area contributed by atoms with Crippen molar-refractivity contribution in [2.75, 3.05) is 5.32 Å². The van der Waals surface area contributed by atoms with Crippen molar-refractivity contribution in [3.05, 3.63) is 72.4 Å². The van der Waals surface area contributed by atoms with E-state index in [9.17, 15) is 9.59 Å². The molecule has 6 heteroatoms. The minimum atomic E-state index is -0.611. The van der Waals surface area contributed by atoms with Crippen molar-refractivity contribution < 1.29 is 14.3 Å². The first-order valence-electron chi connectivity index (χ1n) is 9.82. The second-order valence-corrected chi connectivity index (χ2v) is 8.47. The Kier molecular flexibility index (Phi) is 4.86. The Labute approximate surface area is 170 Å². The van der Waals surface area contributed by atoms with Gasteiger partial charge in [0.15, 0.2) is 5.78 Å². The van der Waals surface area contributed by atoms with Gasteiger partial charge in [-0.1, -0.05) is 36.4 Å². The predicted octanol–water partition coefficient (Wildman–Crippen LogP) is 4.88. The number of nitrogens with zero attached hydrogens (tertiary/aromatic N) is 2. The Hall–Kier alpha value is -3.15. The van der Waals surface area contributed by atoms with E-state index in [0.29, 0.717) is 17.7 Å². The number of allylic oxidation sites excluding steroid dienone is 4. The molecule has 1 aliphatic heterocycles. The van der Waals surface area contributed by atoms with Crippen LogP contribution in [0.25, 0.3) is 0 Å². The zero-order valence-electron chi connectivity index (χ0n) is 16.8. The van der Waals surface area contributed by atoms with E-state index in [1.54, 1.807) is 51.4 Å². The first-order chi connectivity index (χ1) is 13.8. The van der Waals surface area contributed by atoms with Crippen LogP contribution in [0.1, 0.15) is 55.2 Å². The molecule has 1 aliphatic carbocycles. The second-order valence-electron chi connectivity index (χ2n) is 8.47. The Morgan fingerprint density at radius 2 is 1.93 bits per heavy atom. The van der Waals surface area contributed by atoms with E-state index < -0.39 is 11.7 Å². The molecule has 0 spiro atoms. The van der Waals surface area contributed by atoms with E-state index in [1.165, 1.54) is 0 Å². The first kappa shape index (κ1) is 19.2. The molecule has 2 aromatic rings. The minimum absolute atomic E-state index is 0.000725. The van der Waals surface area contributed by atoms with Gasteiger partial charge in [-0.3, -0.25) is 10.1 Å². The molecule has 29 heavy (non-hydrogen) atoms. The van der Waals surface area contributed by atoms with Gasteiger partial charge in [-0.25, -0.2) is 9.78 Å². The maximum Gasteiger partial charge on any atom is 0.412 e. The summed E-state index contributed by atoms with van der Waals surface area (Å²) in [6.07, 6.45) is 11.9. The molecule has 3 atom stereocenters. The Morgan fingerprint density at radius 1 is 1.17 bits per heavy atom. The molecule has 2 heterocycles. The smallest absolute Gasteiger partial charge is 0.412 e. The Balaban J connectivity index is 1.55. The molecule has 1 aromatic carbocycles. The fourth-order valence-electron chi connectivity index (χ4n) is 4.11. The molecule has 0 saturated heterocycles. The van der Waals surface area contributed by atoms with Gasteiger partial charge in [0.05, 0.1) is 12.0 Å².